The van der Waals surface area contributed by atoms with Crippen molar-refractivity contribution in [3.8, 4) is 16.9 Å². The minimum atomic E-state index is -4.48. The van der Waals surface area contributed by atoms with Gasteiger partial charge in [-0.1, -0.05) is 41.9 Å². The van der Waals surface area contributed by atoms with Crippen molar-refractivity contribution in [3.63, 3.8) is 0 Å². The van der Waals surface area contributed by atoms with E-state index in [1.807, 2.05) is 12.1 Å². The van der Waals surface area contributed by atoms with Crippen molar-refractivity contribution < 1.29 is 27.8 Å². The maximum Gasteiger partial charge on any atom is 0.416 e. The maximum atomic E-state index is 12.9. The molecule has 0 aromatic heterocycles. The first kappa shape index (κ1) is 20.7. The van der Waals surface area contributed by atoms with Gasteiger partial charge in [0.15, 0.2) is 0 Å². The topological polar surface area (TPSA) is 46.5 Å². The first-order valence-electron chi connectivity index (χ1n) is 8.66. The fourth-order valence-corrected chi connectivity index (χ4v) is 2.93. The lowest BCUT2D eigenvalue weighted by molar-refractivity contribution is -0.137. The summed E-state index contributed by atoms with van der Waals surface area (Å²) in [7, 11) is 0. The lowest BCUT2D eigenvalue weighted by Gasteiger charge is -2.12. The molecule has 1 N–H and O–H groups in total. The van der Waals surface area contributed by atoms with Gasteiger partial charge in [-0.3, -0.25) is 0 Å². The molecule has 3 aromatic rings. The molecular formula is C22H16ClF3O3. The third kappa shape index (κ3) is 5.29. The Morgan fingerprint density at radius 2 is 1.66 bits per heavy atom. The van der Waals surface area contributed by atoms with E-state index in [0.717, 1.165) is 17.7 Å². The van der Waals surface area contributed by atoms with Crippen LogP contribution >= 0.6 is 11.6 Å². The Balaban J connectivity index is 1.80. The van der Waals surface area contributed by atoms with Gasteiger partial charge in [0, 0.05) is 11.4 Å². The molecule has 0 heterocycles. The van der Waals surface area contributed by atoms with Crippen molar-refractivity contribution in [3.05, 3.63) is 88.4 Å². The van der Waals surface area contributed by atoms with E-state index in [9.17, 15) is 23.1 Å². The van der Waals surface area contributed by atoms with Crippen LogP contribution in [0.3, 0.4) is 0 Å². The second-order valence-corrected chi connectivity index (χ2v) is 6.76. The zero-order valence-corrected chi connectivity index (χ0v) is 15.8. The highest BCUT2D eigenvalue weighted by Gasteiger charge is 2.30. The number of rotatable bonds is 6. The summed E-state index contributed by atoms with van der Waals surface area (Å²) in [6.45, 7) is 0.241. The van der Waals surface area contributed by atoms with Gasteiger partial charge in [-0.25, -0.2) is 4.79 Å². The van der Waals surface area contributed by atoms with E-state index in [4.69, 9.17) is 16.3 Å². The normalized spacial score (nSPS) is 11.3. The molecule has 0 aliphatic carbocycles. The molecule has 7 heteroatoms. The van der Waals surface area contributed by atoms with Crippen LogP contribution in [0.5, 0.6) is 5.75 Å². The number of aromatic carboxylic acids is 1. The Labute approximate surface area is 170 Å². The molecule has 29 heavy (non-hydrogen) atoms. The predicted molar refractivity (Wildman–Crippen MR) is 104 cm³/mol. The Morgan fingerprint density at radius 1 is 0.966 bits per heavy atom. The van der Waals surface area contributed by atoms with Crippen LogP contribution in [-0.4, -0.2) is 17.7 Å². The van der Waals surface area contributed by atoms with E-state index in [-0.39, 0.29) is 23.5 Å². The van der Waals surface area contributed by atoms with Crippen molar-refractivity contribution in [1.29, 1.82) is 0 Å². The van der Waals surface area contributed by atoms with Gasteiger partial charge in [-0.05, 0) is 53.1 Å². The Morgan fingerprint density at radius 3 is 2.31 bits per heavy atom. The van der Waals surface area contributed by atoms with E-state index in [0.29, 0.717) is 17.0 Å². The summed E-state index contributed by atoms with van der Waals surface area (Å²) in [6, 6.07) is 16.3. The average Bonchev–Trinajstić information content (AvgIpc) is 2.69. The lowest BCUT2D eigenvalue weighted by atomic mass is 10.0. The highest BCUT2D eigenvalue weighted by Crippen LogP contribution is 2.33. The van der Waals surface area contributed by atoms with Crippen LogP contribution in [0.2, 0.25) is 5.02 Å². The van der Waals surface area contributed by atoms with Crippen molar-refractivity contribution in [2.75, 3.05) is 6.61 Å². The summed E-state index contributed by atoms with van der Waals surface area (Å²) < 4.78 is 44.4. The lowest BCUT2D eigenvalue weighted by Crippen LogP contribution is -2.07. The molecular weight excluding hydrogens is 405 g/mol. The molecule has 0 aliphatic rings. The number of carbonyl (C=O) groups is 1. The fraction of sp³-hybridized carbons (Fsp3) is 0.136. The molecule has 0 saturated carbocycles. The van der Waals surface area contributed by atoms with Gasteiger partial charge in [-0.15, -0.1) is 0 Å². The number of carboxylic acid groups (broad SMARTS) is 1. The number of carboxylic acids is 1. The third-order valence-electron chi connectivity index (χ3n) is 4.29. The van der Waals surface area contributed by atoms with Crippen LogP contribution in [0.15, 0.2) is 66.7 Å². The molecule has 3 rings (SSSR count). The fourth-order valence-electron chi connectivity index (χ4n) is 2.81. The van der Waals surface area contributed by atoms with Gasteiger partial charge in [0.2, 0.25) is 0 Å². The SMILES string of the molecule is O=C(O)c1cc(-c2cccc(C(F)(F)F)c2)ccc1OCCc1ccc(Cl)cc1. The van der Waals surface area contributed by atoms with Gasteiger partial charge in [0.05, 0.1) is 12.2 Å². The second kappa shape index (κ2) is 8.57. The summed E-state index contributed by atoms with van der Waals surface area (Å²) in [6.07, 6.45) is -3.93. The van der Waals surface area contributed by atoms with E-state index in [1.165, 1.54) is 24.3 Å². The number of hydrogen-bond acceptors (Lipinski definition) is 2. The quantitative estimate of drug-likeness (QED) is 0.505. The molecule has 0 saturated heterocycles. The summed E-state index contributed by atoms with van der Waals surface area (Å²) in [5.41, 5.74) is 0.701. The van der Waals surface area contributed by atoms with Crippen LogP contribution in [-0.2, 0) is 12.6 Å². The number of ether oxygens (including phenoxy) is 1. The average molecular weight is 421 g/mol. The van der Waals surface area contributed by atoms with Crippen LogP contribution < -0.4 is 4.74 Å². The molecule has 3 nitrogen and oxygen atoms in total. The number of alkyl halides is 3. The van der Waals surface area contributed by atoms with Crippen molar-refractivity contribution in [1.82, 2.24) is 0 Å². The second-order valence-electron chi connectivity index (χ2n) is 6.32. The summed E-state index contributed by atoms with van der Waals surface area (Å²) in [5.74, 6) is -1.07. The minimum absolute atomic E-state index is 0.115. The van der Waals surface area contributed by atoms with Gasteiger partial charge in [0.1, 0.15) is 11.3 Å². The number of hydrogen-bond donors (Lipinski definition) is 1. The first-order chi connectivity index (χ1) is 13.7. The van der Waals surface area contributed by atoms with Crippen molar-refractivity contribution in [2.45, 2.75) is 12.6 Å². The molecule has 0 fully saturated rings. The molecule has 0 atom stereocenters. The van der Waals surface area contributed by atoms with E-state index in [1.54, 1.807) is 18.2 Å². The van der Waals surface area contributed by atoms with Crippen molar-refractivity contribution >= 4 is 17.6 Å². The summed E-state index contributed by atoms with van der Waals surface area (Å²) in [4.78, 5) is 11.6. The Bertz CT molecular complexity index is 1010. The largest absolute Gasteiger partial charge is 0.492 e. The molecule has 0 unspecified atom stereocenters. The van der Waals surface area contributed by atoms with E-state index >= 15 is 0 Å². The Hall–Kier alpha value is -2.99. The van der Waals surface area contributed by atoms with Gasteiger partial charge in [-0.2, -0.15) is 13.2 Å². The zero-order chi connectivity index (χ0) is 21.0. The van der Waals surface area contributed by atoms with Gasteiger partial charge < -0.3 is 9.84 Å². The standard InChI is InChI=1S/C22H16ClF3O3/c23-18-7-4-14(5-8-18)10-11-29-20-9-6-16(13-19(20)21(27)28)15-2-1-3-17(12-15)22(24,25)26/h1-9,12-13H,10-11H2,(H,27,28). The number of benzene rings is 3. The maximum absolute atomic E-state index is 12.9. The summed E-state index contributed by atoms with van der Waals surface area (Å²) >= 11 is 5.84. The van der Waals surface area contributed by atoms with Crippen LogP contribution in [0.4, 0.5) is 13.2 Å². The molecule has 0 bridgehead atoms. The van der Waals surface area contributed by atoms with Crippen LogP contribution in [0.1, 0.15) is 21.5 Å². The van der Waals surface area contributed by atoms with E-state index in [2.05, 4.69) is 0 Å². The molecule has 0 radical (unpaired) electrons. The zero-order valence-electron chi connectivity index (χ0n) is 15.0. The highest BCUT2D eigenvalue weighted by molar-refractivity contribution is 6.30. The molecule has 150 valence electrons. The van der Waals surface area contributed by atoms with Crippen LogP contribution in [0, 0.1) is 0 Å². The van der Waals surface area contributed by atoms with Gasteiger partial charge in [0.25, 0.3) is 0 Å². The highest BCUT2D eigenvalue weighted by atomic mass is 35.5. The minimum Gasteiger partial charge on any atom is -0.492 e. The molecule has 0 amide bonds. The van der Waals surface area contributed by atoms with Crippen molar-refractivity contribution in [2.24, 2.45) is 0 Å². The smallest absolute Gasteiger partial charge is 0.416 e. The molecule has 0 aliphatic heterocycles. The van der Waals surface area contributed by atoms with Crippen LogP contribution in [0.25, 0.3) is 11.1 Å². The molecule has 3 aromatic carbocycles. The monoisotopic (exact) mass is 420 g/mol. The van der Waals surface area contributed by atoms with Gasteiger partial charge >= 0.3 is 12.1 Å². The molecule has 0 spiro atoms. The summed E-state index contributed by atoms with van der Waals surface area (Å²) in [5, 5.41) is 10.1. The Kier molecular flexibility index (Phi) is 6.13. The van der Waals surface area contributed by atoms with E-state index < -0.39 is 17.7 Å². The third-order valence-corrected chi connectivity index (χ3v) is 4.55. The number of halogens is 4. The predicted octanol–water partition coefficient (Wildman–Crippen LogP) is 6.35. The first-order valence-corrected chi connectivity index (χ1v) is 9.04.